The molecule has 1 aliphatic rings. The van der Waals surface area contributed by atoms with Crippen LogP contribution < -0.4 is 5.32 Å². The molecule has 1 fully saturated rings. The highest BCUT2D eigenvalue weighted by molar-refractivity contribution is 7.91. The van der Waals surface area contributed by atoms with Crippen molar-refractivity contribution in [2.24, 2.45) is 5.92 Å². The molecule has 0 heterocycles. The van der Waals surface area contributed by atoms with Crippen LogP contribution in [0.3, 0.4) is 0 Å². The first-order valence-electron chi connectivity index (χ1n) is 5.99. The van der Waals surface area contributed by atoms with Gasteiger partial charge < -0.3 is 5.32 Å². The molecule has 0 bridgehead atoms. The number of sulfone groups is 1. The van der Waals surface area contributed by atoms with Crippen LogP contribution in [-0.2, 0) is 9.84 Å². The molecule has 4 heteroatoms. The van der Waals surface area contributed by atoms with Crippen molar-refractivity contribution in [2.75, 3.05) is 18.1 Å². The van der Waals surface area contributed by atoms with Gasteiger partial charge in [0.25, 0.3) is 0 Å². The summed E-state index contributed by atoms with van der Waals surface area (Å²) in [5.74, 6) is 1.42. The van der Waals surface area contributed by atoms with E-state index in [0.29, 0.717) is 11.8 Å². The molecule has 1 rings (SSSR count). The highest BCUT2D eigenvalue weighted by Crippen LogP contribution is 2.29. The van der Waals surface area contributed by atoms with Gasteiger partial charge in [0.1, 0.15) is 9.84 Å². The van der Waals surface area contributed by atoms with Crippen LogP contribution >= 0.6 is 0 Å². The van der Waals surface area contributed by atoms with Gasteiger partial charge in [-0.15, -0.1) is 0 Å². The van der Waals surface area contributed by atoms with Gasteiger partial charge in [-0.2, -0.15) is 0 Å². The Morgan fingerprint density at radius 3 is 2.53 bits per heavy atom. The lowest BCUT2D eigenvalue weighted by molar-refractivity contribution is 0.241. The van der Waals surface area contributed by atoms with Crippen molar-refractivity contribution in [2.45, 2.75) is 45.6 Å². The molecular weight excluding hydrogens is 210 g/mol. The van der Waals surface area contributed by atoms with Gasteiger partial charge in [0.2, 0.25) is 0 Å². The van der Waals surface area contributed by atoms with Crippen LogP contribution in [0.2, 0.25) is 0 Å². The van der Waals surface area contributed by atoms with Gasteiger partial charge >= 0.3 is 0 Å². The highest BCUT2D eigenvalue weighted by Gasteiger charge is 2.23. The minimum absolute atomic E-state index is 0.269. The maximum Gasteiger partial charge on any atom is 0.150 e. The van der Waals surface area contributed by atoms with Gasteiger partial charge in [-0.3, -0.25) is 0 Å². The van der Waals surface area contributed by atoms with E-state index in [1.165, 1.54) is 19.3 Å². The molecule has 0 saturated heterocycles. The van der Waals surface area contributed by atoms with E-state index in [4.69, 9.17) is 0 Å². The van der Waals surface area contributed by atoms with Crippen LogP contribution in [0.25, 0.3) is 0 Å². The zero-order chi connectivity index (χ0) is 11.3. The van der Waals surface area contributed by atoms with Crippen LogP contribution in [0.1, 0.15) is 39.5 Å². The van der Waals surface area contributed by atoms with Crippen LogP contribution in [0.4, 0.5) is 0 Å². The van der Waals surface area contributed by atoms with Gasteiger partial charge in [0.15, 0.2) is 0 Å². The van der Waals surface area contributed by atoms with E-state index < -0.39 is 9.84 Å². The normalized spacial score (nSPS) is 19.9. The second kappa shape index (κ2) is 5.85. The highest BCUT2D eigenvalue weighted by atomic mass is 32.2. The number of hydrogen-bond donors (Lipinski definition) is 1. The molecule has 3 nitrogen and oxygen atoms in total. The topological polar surface area (TPSA) is 46.2 Å². The van der Waals surface area contributed by atoms with E-state index in [0.717, 1.165) is 18.9 Å². The van der Waals surface area contributed by atoms with E-state index in [1.807, 2.05) is 0 Å². The van der Waals surface area contributed by atoms with Gasteiger partial charge in [-0.05, 0) is 38.6 Å². The average Bonchev–Trinajstić information content (AvgIpc) is 2.10. The molecule has 1 unspecified atom stereocenters. The lowest BCUT2D eigenvalue weighted by atomic mass is 9.80. The molecule has 0 aromatic rings. The fourth-order valence-electron chi connectivity index (χ4n) is 1.87. The fourth-order valence-corrected chi connectivity index (χ4v) is 2.75. The minimum Gasteiger partial charge on any atom is -0.314 e. The molecule has 0 aromatic carbocycles. The lowest BCUT2D eigenvalue weighted by Gasteiger charge is -2.32. The average molecular weight is 233 g/mol. The Balaban J connectivity index is 2.06. The predicted molar refractivity (Wildman–Crippen MR) is 63.8 cm³/mol. The van der Waals surface area contributed by atoms with Gasteiger partial charge in [0.05, 0.1) is 5.75 Å². The summed E-state index contributed by atoms with van der Waals surface area (Å²) in [6, 6.07) is 0.558. The Kier molecular flexibility index (Phi) is 5.06. The summed E-state index contributed by atoms with van der Waals surface area (Å²) in [7, 11) is -2.77. The Labute approximate surface area is 93.6 Å². The second-order valence-electron chi connectivity index (χ2n) is 4.52. The maximum atomic E-state index is 11.2. The lowest BCUT2D eigenvalue weighted by Crippen LogP contribution is -2.37. The Hall–Kier alpha value is -0.0900. The smallest absolute Gasteiger partial charge is 0.150 e. The van der Waals surface area contributed by atoms with E-state index >= 15 is 0 Å². The third-order valence-corrected chi connectivity index (χ3v) is 5.19. The summed E-state index contributed by atoms with van der Waals surface area (Å²) in [4.78, 5) is 0. The van der Waals surface area contributed by atoms with Gasteiger partial charge in [-0.1, -0.05) is 13.3 Å². The standard InChI is InChI=1S/C11H23NO2S/c1-3-15(13,14)9-5-8-12-10(2)11-6-4-7-11/h10-12H,3-9H2,1-2H3. The summed E-state index contributed by atoms with van der Waals surface area (Å²) in [6.07, 6.45) is 4.77. The summed E-state index contributed by atoms with van der Waals surface area (Å²) in [5, 5.41) is 3.42. The number of nitrogens with one attached hydrogen (secondary N) is 1. The largest absolute Gasteiger partial charge is 0.314 e. The Morgan fingerprint density at radius 1 is 1.40 bits per heavy atom. The first-order chi connectivity index (χ1) is 7.05. The number of hydrogen-bond acceptors (Lipinski definition) is 3. The maximum absolute atomic E-state index is 11.2. The molecule has 0 aliphatic heterocycles. The summed E-state index contributed by atoms with van der Waals surface area (Å²) in [5.41, 5.74) is 0. The van der Waals surface area contributed by atoms with Crippen molar-refractivity contribution in [1.29, 1.82) is 0 Å². The monoisotopic (exact) mass is 233 g/mol. The van der Waals surface area contributed by atoms with Crippen LogP contribution in [0.15, 0.2) is 0 Å². The first kappa shape index (κ1) is 13.0. The van der Waals surface area contributed by atoms with Crippen molar-refractivity contribution in [1.82, 2.24) is 5.32 Å². The predicted octanol–water partition coefficient (Wildman–Crippen LogP) is 1.59. The van der Waals surface area contributed by atoms with E-state index in [9.17, 15) is 8.42 Å². The Bertz CT molecular complexity index is 270. The Morgan fingerprint density at radius 2 is 2.07 bits per heavy atom. The van der Waals surface area contributed by atoms with Crippen molar-refractivity contribution in [3.63, 3.8) is 0 Å². The molecule has 90 valence electrons. The molecule has 0 amide bonds. The molecule has 15 heavy (non-hydrogen) atoms. The zero-order valence-corrected chi connectivity index (χ0v) is 10.6. The van der Waals surface area contributed by atoms with Gasteiger partial charge in [0, 0.05) is 11.8 Å². The molecule has 1 aliphatic carbocycles. The van der Waals surface area contributed by atoms with E-state index in [-0.39, 0.29) is 5.75 Å². The third kappa shape index (κ3) is 4.51. The van der Waals surface area contributed by atoms with E-state index in [1.54, 1.807) is 6.92 Å². The quantitative estimate of drug-likeness (QED) is 0.679. The summed E-state index contributed by atoms with van der Waals surface area (Å²) < 4.78 is 22.4. The molecule has 0 radical (unpaired) electrons. The molecular formula is C11H23NO2S. The van der Waals surface area contributed by atoms with E-state index in [2.05, 4.69) is 12.2 Å². The van der Waals surface area contributed by atoms with Crippen molar-refractivity contribution >= 4 is 9.84 Å². The van der Waals surface area contributed by atoms with Crippen LogP contribution in [0.5, 0.6) is 0 Å². The van der Waals surface area contributed by atoms with Crippen molar-refractivity contribution in [3.05, 3.63) is 0 Å². The molecule has 1 N–H and O–H groups in total. The SMILES string of the molecule is CCS(=O)(=O)CCCNC(C)C1CCC1. The first-order valence-corrected chi connectivity index (χ1v) is 7.81. The number of rotatable bonds is 7. The summed E-state index contributed by atoms with van der Waals surface area (Å²) in [6.45, 7) is 4.74. The minimum atomic E-state index is -2.77. The van der Waals surface area contributed by atoms with Crippen molar-refractivity contribution in [3.8, 4) is 0 Å². The zero-order valence-electron chi connectivity index (χ0n) is 9.83. The second-order valence-corrected chi connectivity index (χ2v) is 7.00. The van der Waals surface area contributed by atoms with Crippen LogP contribution in [0, 0.1) is 5.92 Å². The fraction of sp³-hybridized carbons (Fsp3) is 1.00. The molecule has 1 saturated carbocycles. The van der Waals surface area contributed by atoms with Crippen LogP contribution in [-0.4, -0.2) is 32.5 Å². The van der Waals surface area contributed by atoms with Crippen molar-refractivity contribution < 1.29 is 8.42 Å². The molecule has 0 aromatic heterocycles. The third-order valence-electron chi connectivity index (χ3n) is 3.40. The molecule has 1 atom stereocenters. The summed E-state index contributed by atoms with van der Waals surface area (Å²) >= 11 is 0. The van der Waals surface area contributed by atoms with Gasteiger partial charge in [-0.25, -0.2) is 8.42 Å². The molecule has 0 spiro atoms.